The van der Waals surface area contributed by atoms with Gasteiger partial charge >= 0.3 is 0 Å². The topological polar surface area (TPSA) is 68.4 Å². The van der Waals surface area contributed by atoms with Crippen LogP contribution in [-0.4, -0.2) is 24.9 Å². The van der Waals surface area contributed by atoms with E-state index in [9.17, 15) is 9.70 Å². The lowest BCUT2D eigenvalue weighted by molar-refractivity contribution is -0.120. The quantitative estimate of drug-likeness (QED) is 0.441. The van der Waals surface area contributed by atoms with Crippen molar-refractivity contribution in [3.8, 4) is 0 Å². The van der Waals surface area contributed by atoms with Crippen LogP contribution in [0, 0.1) is 10.8 Å². The maximum Gasteiger partial charge on any atom is 0.136 e. The molecular weight excluding hydrogens is 132 g/mol. The summed E-state index contributed by atoms with van der Waals surface area (Å²) < 4.78 is 0. The van der Waals surface area contributed by atoms with Crippen LogP contribution in [-0.2, 0) is 4.79 Å². The summed E-state index contributed by atoms with van der Waals surface area (Å²) in [4.78, 5) is 20.6. The Morgan fingerprint density at radius 1 is 1.90 bits per heavy atom. The number of ketones is 1. The summed E-state index contributed by atoms with van der Waals surface area (Å²) in [5.41, 5.74) is 0. The fraction of sp³-hybridized carbons (Fsp3) is 0.833. The van der Waals surface area contributed by atoms with E-state index in [1.807, 2.05) is 0 Å². The first-order chi connectivity index (χ1) is 4.75. The molecule has 2 unspecified atom stereocenters. The zero-order chi connectivity index (χ0) is 7.56. The molecule has 1 saturated heterocycles. The Morgan fingerprint density at radius 3 is 2.80 bits per heavy atom. The van der Waals surface area contributed by atoms with Crippen molar-refractivity contribution >= 4 is 5.78 Å². The summed E-state index contributed by atoms with van der Waals surface area (Å²) in [5.74, 6) is -0.132. The molecule has 1 fully saturated rings. The molecule has 0 amide bonds. The third-order valence-electron chi connectivity index (χ3n) is 1.72. The number of hydrogen-bond acceptors (Lipinski definition) is 4. The molecule has 1 heterocycles. The first kappa shape index (κ1) is 7.34. The molecule has 0 aliphatic carbocycles. The molecule has 1 N–H and O–H groups in total. The number of rotatable bonds is 4. The van der Waals surface area contributed by atoms with Crippen molar-refractivity contribution in [3.63, 3.8) is 0 Å². The molecule has 0 bridgehead atoms. The van der Waals surface area contributed by atoms with E-state index in [-0.39, 0.29) is 24.3 Å². The number of nitrogens with one attached hydrogen (secondary N) is 1. The normalized spacial score (nSPS) is 25.5. The molecule has 0 saturated carbocycles. The van der Waals surface area contributed by atoms with E-state index in [0.717, 1.165) is 6.54 Å². The number of Topliss-reactive ketones (excluding diaryl/α,β-unsaturated/α-hetero) is 1. The Kier molecular flexibility index (Phi) is 2.11. The van der Waals surface area contributed by atoms with E-state index in [4.69, 9.17) is 0 Å². The molecular formula is C6H10N2O2. The molecule has 4 nitrogen and oxygen atoms in total. The molecule has 1 aliphatic rings. The van der Waals surface area contributed by atoms with E-state index in [1.165, 1.54) is 6.92 Å². The average Bonchev–Trinajstić information content (AvgIpc) is 2.63. The summed E-state index contributed by atoms with van der Waals surface area (Å²) >= 11 is 0. The van der Waals surface area contributed by atoms with Crippen molar-refractivity contribution in [3.05, 3.63) is 4.91 Å². The zero-order valence-corrected chi connectivity index (χ0v) is 5.83. The fourth-order valence-corrected chi connectivity index (χ4v) is 0.972. The van der Waals surface area contributed by atoms with Crippen LogP contribution in [0.15, 0.2) is 5.18 Å². The minimum atomic E-state index is -0.183. The lowest BCUT2D eigenvalue weighted by atomic mass is 10.0. The smallest absolute Gasteiger partial charge is 0.136 e. The average molecular weight is 142 g/mol. The molecule has 56 valence electrons. The molecule has 1 rings (SSSR count). The molecule has 4 heteroatoms. The van der Waals surface area contributed by atoms with E-state index < -0.39 is 0 Å². The molecule has 0 aromatic carbocycles. The Morgan fingerprint density at radius 2 is 2.50 bits per heavy atom. The highest BCUT2D eigenvalue weighted by molar-refractivity contribution is 5.79. The second-order valence-corrected chi connectivity index (χ2v) is 2.54. The molecule has 1 aliphatic heterocycles. The monoisotopic (exact) mass is 142 g/mol. The van der Waals surface area contributed by atoms with Gasteiger partial charge in [-0.3, -0.25) is 4.79 Å². The van der Waals surface area contributed by atoms with Crippen molar-refractivity contribution in [1.82, 2.24) is 5.32 Å². The zero-order valence-electron chi connectivity index (χ0n) is 5.83. The van der Waals surface area contributed by atoms with Gasteiger partial charge in [0.25, 0.3) is 0 Å². The van der Waals surface area contributed by atoms with Crippen molar-refractivity contribution in [1.29, 1.82) is 0 Å². The van der Waals surface area contributed by atoms with Crippen LogP contribution in [0.4, 0.5) is 0 Å². The highest BCUT2D eigenvalue weighted by atomic mass is 16.3. The maximum absolute atomic E-state index is 10.8. The van der Waals surface area contributed by atoms with Gasteiger partial charge in [0.2, 0.25) is 0 Å². The van der Waals surface area contributed by atoms with Gasteiger partial charge in [-0.15, -0.1) is 0 Å². The molecule has 0 aromatic rings. The third-order valence-corrected chi connectivity index (χ3v) is 1.72. The van der Waals surface area contributed by atoms with Gasteiger partial charge in [0.1, 0.15) is 5.78 Å². The van der Waals surface area contributed by atoms with Gasteiger partial charge < -0.3 is 5.32 Å². The van der Waals surface area contributed by atoms with Gasteiger partial charge in [-0.05, 0) is 6.92 Å². The van der Waals surface area contributed by atoms with E-state index >= 15 is 0 Å². The first-order valence-electron chi connectivity index (χ1n) is 3.28. The third kappa shape index (κ3) is 1.60. The number of nitroso groups, excluding NO2 is 1. The van der Waals surface area contributed by atoms with Gasteiger partial charge in [0.15, 0.2) is 0 Å². The Bertz CT molecular complexity index is 154. The van der Waals surface area contributed by atoms with E-state index in [1.54, 1.807) is 0 Å². The highest BCUT2D eigenvalue weighted by Gasteiger charge is 2.33. The Labute approximate surface area is 59.0 Å². The molecule has 0 aromatic heterocycles. The van der Waals surface area contributed by atoms with Crippen molar-refractivity contribution in [2.75, 3.05) is 13.1 Å². The standard InChI is InChI=1S/C6H10N2O2/c1-4(9)5(2-8-10)6-3-7-6/h5-7H,2-3H2,1H3. The summed E-state index contributed by atoms with van der Waals surface area (Å²) in [7, 11) is 0. The molecule has 10 heavy (non-hydrogen) atoms. The lowest BCUT2D eigenvalue weighted by Gasteiger charge is -2.04. The summed E-state index contributed by atoms with van der Waals surface area (Å²) in [6.07, 6.45) is 0. The van der Waals surface area contributed by atoms with Crippen molar-refractivity contribution in [2.45, 2.75) is 13.0 Å². The lowest BCUT2D eigenvalue weighted by Crippen LogP contribution is -2.22. The van der Waals surface area contributed by atoms with Crippen LogP contribution >= 0.6 is 0 Å². The minimum absolute atomic E-state index is 0.0506. The van der Waals surface area contributed by atoms with E-state index in [0.29, 0.717) is 0 Å². The molecule has 0 spiro atoms. The van der Waals surface area contributed by atoms with Gasteiger partial charge in [0, 0.05) is 12.6 Å². The number of carbonyl (C=O) groups excluding carboxylic acids is 1. The predicted molar refractivity (Wildman–Crippen MR) is 36.6 cm³/mol. The van der Waals surface area contributed by atoms with Crippen molar-refractivity contribution in [2.24, 2.45) is 11.1 Å². The van der Waals surface area contributed by atoms with Crippen LogP contribution in [0.2, 0.25) is 0 Å². The Hall–Kier alpha value is -0.770. The van der Waals surface area contributed by atoms with Crippen LogP contribution < -0.4 is 5.32 Å². The van der Waals surface area contributed by atoms with Crippen LogP contribution in [0.1, 0.15) is 6.92 Å². The number of nitrogens with zero attached hydrogens (tertiary/aromatic N) is 1. The van der Waals surface area contributed by atoms with Gasteiger partial charge in [-0.1, -0.05) is 5.18 Å². The molecule has 2 atom stereocenters. The van der Waals surface area contributed by atoms with Crippen LogP contribution in [0.5, 0.6) is 0 Å². The van der Waals surface area contributed by atoms with Crippen LogP contribution in [0.25, 0.3) is 0 Å². The fourth-order valence-electron chi connectivity index (χ4n) is 0.972. The predicted octanol–water partition coefficient (Wildman–Crippen LogP) is -0.0702. The minimum Gasteiger partial charge on any atom is -0.310 e. The summed E-state index contributed by atoms with van der Waals surface area (Å²) in [5, 5.41) is 5.69. The van der Waals surface area contributed by atoms with Gasteiger partial charge in [-0.2, -0.15) is 4.91 Å². The maximum atomic E-state index is 10.8. The Balaban J connectivity index is 2.41. The molecule has 0 radical (unpaired) electrons. The van der Waals surface area contributed by atoms with Crippen molar-refractivity contribution < 1.29 is 4.79 Å². The summed E-state index contributed by atoms with van der Waals surface area (Å²) in [6, 6.07) is 0.218. The largest absolute Gasteiger partial charge is 0.310 e. The highest BCUT2D eigenvalue weighted by Crippen LogP contribution is 2.13. The SMILES string of the molecule is CC(=O)C(CN=O)C1CN1. The van der Waals surface area contributed by atoms with E-state index in [2.05, 4.69) is 10.5 Å². The van der Waals surface area contributed by atoms with Gasteiger partial charge in [0.05, 0.1) is 12.5 Å². The first-order valence-corrected chi connectivity index (χ1v) is 3.28. The number of hydrogen-bond donors (Lipinski definition) is 1. The van der Waals surface area contributed by atoms with Crippen LogP contribution in [0.3, 0.4) is 0 Å². The summed E-state index contributed by atoms with van der Waals surface area (Å²) in [6.45, 7) is 2.46. The van der Waals surface area contributed by atoms with Gasteiger partial charge in [-0.25, -0.2) is 0 Å². The second kappa shape index (κ2) is 2.88. The second-order valence-electron chi connectivity index (χ2n) is 2.54. The number of carbonyl (C=O) groups is 1.